The van der Waals surface area contributed by atoms with E-state index in [1.54, 1.807) is 0 Å². The number of rotatable bonds is 4. The van der Waals surface area contributed by atoms with E-state index in [9.17, 15) is 10.1 Å². The fraction of sp³-hybridized carbons (Fsp3) is 0.583. The van der Waals surface area contributed by atoms with Gasteiger partial charge in [-0.2, -0.15) is 0 Å². The Balaban J connectivity index is 2.30. The smallest absolute Gasteiger partial charge is 0.276 e. The van der Waals surface area contributed by atoms with Crippen molar-refractivity contribution in [1.29, 1.82) is 0 Å². The lowest BCUT2D eigenvalue weighted by atomic mass is 9.99. The minimum absolute atomic E-state index is 0.0525. The van der Waals surface area contributed by atoms with Crippen LogP contribution in [-0.2, 0) is 0 Å². The van der Waals surface area contributed by atoms with E-state index in [-0.39, 0.29) is 23.5 Å². The van der Waals surface area contributed by atoms with E-state index in [0.29, 0.717) is 12.2 Å². The van der Waals surface area contributed by atoms with Gasteiger partial charge in [-0.25, -0.2) is 4.98 Å². The van der Waals surface area contributed by atoms with E-state index in [2.05, 4.69) is 4.98 Å². The lowest BCUT2D eigenvalue weighted by Crippen LogP contribution is -2.40. The summed E-state index contributed by atoms with van der Waals surface area (Å²) in [6.07, 6.45) is 3.72. The Hall–Kier alpha value is -1.40. The quantitative estimate of drug-likeness (QED) is 0.522. The van der Waals surface area contributed by atoms with Gasteiger partial charge in [-0.1, -0.05) is 11.6 Å². The van der Waals surface area contributed by atoms with E-state index < -0.39 is 4.92 Å². The highest BCUT2D eigenvalue weighted by atomic mass is 35.5. The third-order valence-corrected chi connectivity index (χ3v) is 3.55. The Morgan fingerprint density at radius 3 is 3.00 bits per heavy atom. The van der Waals surface area contributed by atoms with Crippen LogP contribution in [0.4, 0.5) is 11.5 Å². The van der Waals surface area contributed by atoms with Crippen molar-refractivity contribution in [1.82, 2.24) is 4.98 Å². The zero-order valence-corrected chi connectivity index (χ0v) is 11.2. The molecule has 6 nitrogen and oxygen atoms in total. The minimum Gasteiger partial charge on any atom is -0.396 e. The van der Waals surface area contributed by atoms with Gasteiger partial charge in [0.1, 0.15) is 11.0 Å². The third kappa shape index (κ3) is 3.33. The van der Waals surface area contributed by atoms with Gasteiger partial charge in [0.2, 0.25) is 0 Å². The predicted molar refractivity (Wildman–Crippen MR) is 72.6 cm³/mol. The van der Waals surface area contributed by atoms with E-state index in [1.165, 1.54) is 12.1 Å². The standard InChI is InChI=1S/C12H16ClN3O3/c13-11-7-10(16(18)19)8-12(14-11)15-5-2-1-3-9(15)4-6-17/h7-9,17H,1-6H2. The number of hydrogen-bond acceptors (Lipinski definition) is 5. The fourth-order valence-electron chi connectivity index (χ4n) is 2.47. The van der Waals surface area contributed by atoms with Gasteiger partial charge < -0.3 is 10.0 Å². The van der Waals surface area contributed by atoms with Crippen molar-refractivity contribution in [3.05, 3.63) is 27.4 Å². The molecule has 2 heterocycles. The Kier molecular flexibility index (Phi) is 4.55. The van der Waals surface area contributed by atoms with E-state index in [1.807, 2.05) is 4.90 Å². The Morgan fingerprint density at radius 2 is 2.32 bits per heavy atom. The SMILES string of the molecule is O=[N+]([O-])c1cc(Cl)nc(N2CCCCC2CCO)c1. The van der Waals surface area contributed by atoms with Crippen molar-refractivity contribution in [2.24, 2.45) is 0 Å². The number of nitro groups is 1. The lowest BCUT2D eigenvalue weighted by molar-refractivity contribution is -0.384. The van der Waals surface area contributed by atoms with E-state index in [4.69, 9.17) is 16.7 Å². The molecule has 104 valence electrons. The average molecular weight is 286 g/mol. The summed E-state index contributed by atoms with van der Waals surface area (Å²) in [4.78, 5) is 16.6. The summed E-state index contributed by atoms with van der Waals surface area (Å²) in [5.41, 5.74) is -0.0525. The molecule has 1 unspecified atom stereocenters. The monoisotopic (exact) mass is 285 g/mol. The molecule has 0 saturated carbocycles. The molecule has 0 radical (unpaired) electrons. The van der Waals surface area contributed by atoms with Gasteiger partial charge in [-0.15, -0.1) is 0 Å². The Morgan fingerprint density at radius 1 is 1.53 bits per heavy atom. The Bertz CT molecular complexity index is 468. The molecule has 0 aromatic carbocycles. The normalized spacial score (nSPS) is 19.5. The van der Waals surface area contributed by atoms with Gasteiger partial charge in [0, 0.05) is 19.2 Å². The van der Waals surface area contributed by atoms with Crippen LogP contribution in [0.3, 0.4) is 0 Å². The average Bonchev–Trinajstić information content (AvgIpc) is 2.39. The van der Waals surface area contributed by atoms with Gasteiger partial charge in [0.15, 0.2) is 0 Å². The number of aliphatic hydroxyl groups is 1. The van der Waals surface area contributed by atoms with Crippen molar-refractivity contribution < 1.29 is 10.0 Å². The predicted octanol–water partition coefficient (Wildman–Crippen LogP) is 2.38. The second-order valence-electron chi connectivity index (χ2n) is 4.62. The van der Waals surface area contributed by atoms with Gasteiger partial charge in [0.25, 0.3) is 5.69 Å². The molecule has 2 rings (SSSR count). The van der Waals surface area contributed by atoms with Gasteiger partial charge in [0.05, 0.1) is 17.1 Å². The number of pyridine rings is 1. The second-order valence-corrected chi connectivity index (χ2v) is 5.01. The molecular weight excluding hydrogens is 270 g/mol. The van der Waals surface area contributed by atoms with Crippen LogP contribution < -0.4 is 4.90 Å². The molecule has 1 aliphatic heterocycles. The van der Waals surface area contributed by atoms with E-state index >= 15 is 0 Å². The molecule has 19 heavy (non-hydrogen) atoms. The largest absolute Gasteiger partial charge is 0.396 e. The van der Waals surface area contributed by atoms with Crippen molar-refractivity contribution in [3.8, 4) is 0 Å². The number of anilines is 1. The molecule has 7 heteroatoms. The molecule has 1 aromatic rings. The van der Waals surface area contributed by atoms with E-state index in [0.717, 1.165) is 25.8 Å². The molecule has 1 saturated heterocycles. The first-order chi connectivity index (χ1) is 9.11. The summed E-state index contributed by atoms with van der Waals surface area (Å²) in [6, 6.07) is 2.86. The maximum atomic E-state index is 10.9. The molecule has 1 N–H and O–H groups in total. The molecule has 1 atom stereocenters. The zero-order chi connectivity index (χ0) is 13.8. The number of aliphatic hydroxyl groups excluding tert-OH is 1. The van der Waals surface area contributed by atoms with Crippen molar-refractivity contribution in [3.63, 3.8) is 0 Å². The van der Waals surface area contributed by atoms with Crippen LogP contribution in [-0.4, -0.2) is 34.2 Å². The lowest BCUT2D eigenvalue weighted by Gasteiger charge is -2.36. The topological polar surface area (TPSA) is 79.5 Å². The number of hydrogen-bond donors (Lipinski definition) is 1. The van der Waals surface area contributed by atoms with Gasteiger partial charge >= 0.3 is 0 Å². The molecule has 0 amide bonds. The molecule has 0 spiro atoms. The molecule has 0 aliphatic carbocycles. The highest BCUT2D eigenvalue weighted by molar-refractivity contribution is 6.29. The van der Waals surface area contributed by atoms with Gasteiger partial charge in [-0.05, 0) is 25.7 Å². The summed E-state index contributed by atoms with van der Waals surface area (Å²) in [6.45, 7) is 0.888. The van der Waals surface area contributed by atoms with Gasteiger partial charge in [-0.3, -0.25) is 10.1 Å². The van der Waals surface area contributed by atoms with Crippen molar-refractivity contribution in [2.75, 3.05) is 18.1 Å². The second kappa shape index (κ2) is 6.16. The summed E-state index contributed by atoms with van der Waals surface area (Å²) in [5, 5.41) is 20.1. The number of aromatic nitrogens is 1. The van der Waals surface area contributed by atoms with Crippen LogP contribution in [0.5, 0.6) is 0 Å². The maximum absolute atomic E-state index is 10.9. The first-order valence-electron chi connectivity index (χ1n) is 6.31. The molecule has 0 bridgehead atoms. The summed E-state index contributed by atoms with van der Waals surface area (Å²) >= 11 is 5.85. The third-order valence-electron chi connectivity index (χ3n) is 3.36. The fourth-order valence-corrected chi connectivity index (χ4v) is 2.67. The summed E-state index contributed by atoms with van der Waals surface area (Å²) < 4.78 is 0. The molecule has 1 fully saturated rings. The first-order valence-corrected chi connectivity index (χ1v) is 6.69. The first kappa shape index (κ1) is 14.0. The number of piperidine rings is 1. The number of nitrogens with zero attached hydrogens (tertiary/aromatic N) is 3. The van der Waals surface area contributed by atoms with Crippen LogP contribution in [0.1, 0.15) is 25.7 Å². The maximum Gasteiger partial charge on any atom is 0.276 e. The Labute approximate surface area is 116 Å². The van der Waals surface area contributed by atoms with Crippen LogP contribution in [0.25, 0.3) is 0 Å². The highest BCUT2D eigenvalue weighted by Gasteiger charge is 2.25. The molecule has 1 aliphatic rings. The van der Waals surface area contributed by atoms with Crippen LogP contribution >= 0.6 is 11.6 Å². The highest BCUT2D eigenvalue weighted by Crippen LogP contribution is 2.29. The van der Waals surface area contributed by atoms with Crippen LogP contribution in [0.2, 0.25) is 5.15 Å². The van der Waals surface area contributed by atoms with Crippen molar-refractivity contribution in [2.45, 2.75) is 31.7 Å². The van der Waals surface area contributed by atoms with Crippen molar-refractivity contribution >= 4 is 23.1 Å². The van der Waals surface area contributed by atoms with Crippen LogP contribution in [0, 0.1) is 10.1 Å². The molecule has 1 aromatic heterocycles. The summed E-state index contributed by atoms with van der Waals surface area (Å²) in [7, 11) is 0. The zero-order valence-electron chi connectivity index (χ0n) is 10.5. The minimum atomic E-state index is -0.470. The van der Waals surface area contributed by atoms with Crippen LogP contribution in [0.15, 0.2) is 12.1 Å². The molecular formula is C12H16ClN3O3. The summed E-state index contributed by atoms with van der Waals surface area (Å²) in [5.74, 6) is 0.525. The number of halogens is 1.